The second kappa shape index (κ2) is 3.95. The Labute approximate surface area is 105 Å². The largest absolute Gasteiger partial charge is 0.306 e. The predicted molar refractivity (Wildman–Crippen MR) is 70.1 cm³/mol. The molecule has 0 fully saturated rings. The quantitative estimate of drug-likeness (QED) is 0.633. The van der Waals surface area contributed by atoms with Crippen LogP contribution < -0.4 is 0 Å². The maximum Gasteiger partial charge on any atom is 0.144 e. The Morgan fingerprint density at radius 2 is 1.78 bits per heavy atom. The van der Waals surface area contributed by atoms with Crippen LogP contribution in [0.3, 0.4) is 0 Å². The van der Waals surface area contributed by atoms with Crippen molar-refractivity contribution >= 4 is 5.65 Å². The lowest BCUT2D eigenvalue weighted by Crippen LogP contribution is -1.90. The molecule has 3 rings (SSSR count). The Hall–Kier alpha value is -2.16. The van der Waals surface area contributed by atoms with Gasteiger partial charge in [-0.15, -0.1) is 0 Å². The van der Waals surface area contributed by atoms with Gasteiger partial charge in [-0.1, -0.05) is 12.1 Å². The molecule has 0 saturated heterocycles. The van der Waals surface area contributed by atoms with E-state index in [4.69, 9.17) is 0 Å². The fraction of sp³-hybridized carbons (Fsp3) is 0.133. The number of imidazole rings is 1. The van der Waals surface area contributed by atoms with Crippen molar-refractivity contribution in [3.05, 3.63) is 59.8 Å². The van der Waals surface area contributed by atoms with Crippen molar-refractivity contribution in [2.24, 2.45) is 0 Å². The van der Waals surface area contributed by atoms with Gasteiger partial charge in [0.1, 0.15) is 11.5 Å². The number of hydrogen-bond donors (Lipinski definition) is 0. The smallest absolute Gasteiger partial charge is 0.144 e. The van der Waals surface area contributed by atoms with Crippen LogP contribution in [0.15, 0.2) is 42.7 Å². The third-order valence-corrected chi connectivity index (χ3v) is 2.96. The van der Waals surface area contributed by atoms with Gasteiger partial charge in [0.15, 0.2) is 0 Å². The van der Waals surface area contributed by atoms with Crippen LogP contribution in [0.4, 0.5) is 4.39 Å². The molecule has 18 heavy (non-hydrogen) atoms. The summed E-state index contributed by atoms with van der Waals surface area (Å²) in [6.07, 6.45) is 4.04. The summed E-state index contributed by atoms with van der Waals surface area (Å²) < 4.78 is 15.0. The number of nitrogens with zero attached hydrogens (tertiary/aromatic N) is 2. The van der Waals surface area contributed by atoms with Crippen molar-refractivity contribution in [2.75, 3.05) is 0 Å². The predicted octanol–water partition coefficient (Wildman–Crippen LogP) is 3.76. The van der Waals surface area contributed by atoms with Crippen molar-refractivity contribution in [1.29, 1.82) is 0 Å². The van der Waals surface area contributed by atoms with E-state index in [0.29, 0.717) is 0 Å². The topological polar surface area (TPSA) is 17.3 Å². The summed E-state index contributed by atoms with van der Waals surface area (Å²) in [5, 5.41) is 0. The zero-order valence-electron chi connectivity index (χ0n) is 10.3. The minimum absolute atomic E-state index is 0.220. The molecule has 1 aromatic carbocycles. The second-order valence-electron chi connectivity index (χ2n) is 4.55. The minimum atomic E-state index is -0.220. The molecule has 0 saturated carbocycles. The molecule has 0 aliphatic carbocycles. The van der Waals surface area contributed by atoms with Crippen molar-refractivity contribution in [3.63, 3.8) is 0 Å². The lowest BCUT2D eigenvalue weighted by molar-refractivity contribution is 0.628. The molecule has 0 atom stereocenters. The van der Waals surface area contributed by atoms with E-state index in [0.717, 1.165) is 28.0 Å². The van der Waals surface area contributed by atoms with E-state index >= 15 is 0 Å². The first-order valence-electron chi connectivity index (χ1n) is 5.85. The second-order valence-corrected chi connectivity index (χ2v) is 4.55. The molecule has 3 aromatic rings. The highest BCUT2D eigenvalue weighted by molar-refractivity contribution is 5.78. The number of benzene rings is 1. The van der Waals surface area contributed by atoms with Crippen LogP contribution in [0.2, 0.25) is 0 Å². The summed E-state index contributed by atoms with van der Waals surface area (Å²) in [6.45, 7) is 4.01. The molecule has 2 nitrogen and oxygen atoms in total. The van der Waals surface area contributed by atoms with E-state index in [-0.39, 0.29) is 5.82 Å². The van der Waals surface area contributed by atoms with Crippen LogP contribution in [0.25, 0.3) is 16.8 Å². The van der Waals surface area contributed by atoms with Crippen molar-refractivity contribution in [2.45, 2.75) is 13.8 Å². The highest BCUT2D eigenvalue weighted by Gasteiger charge is 2.08. The van der Waals surface area contributed by atoms with Gasteiger partial charge in [0.2, 0.25) is 0 Å². The lowest BCUT2D eigenvalue weighted by Gasteiger charge is -2.06. The number of aryl methyl sites for hydroxylation is 2. The van der Waals surface area contributed by atoms with E-state index in [1.165, 1.54) is 12.1 Å². The summed E-state index contributed by atoms with van der Waals surface area (Å²) in [7, 11) is 0. The van der Waals surface area contributed by atoms with Gasteiger partial charge < -0.3 is 4.40 Å². The molecule has 0 radical (unpaired) electrons. The van der Waals surface area contributed by atoms with Gasteiger partial charge in [-0.25, -0.2) is 9.37 Å². The van der Waals surface area contributed by atoms with E-state index < -0.39 is 0 Å². The number of aromatic nitrogens is 2. The molecule has 2 aromatic heterocycles. The molecular weight excluding hydrogens is 227 g/mol. The SMILES string of the molecule is Cc1cc(-c2ccc(F)cc2)c2nc(C)cn2c1. The van der Waals surface area contributed by atoms with Crippen molar-refractivity contribution in [3.8, 4) is 11.1 Å². The average Bonchev–Trinajstić information content (AvgIpc) is 2.69. The first-order valence-corrected chi connectivity index (χ1v) is 5.85. The number of fused-ring (bicyclic) bond motifs is 1. The Bertz CT molecular complexity index is 711. The van der Waals surface area contributed by atoms with Gasteiger partial charge in [-0.05, 0) is 43.2 Å². The number of hydrogen-bond acceptors (Lipinski definition) is 1. The fourth-order valence-corrected chi connectivity index (χ4v) is 2.20. The third kappa shape index (κ3) is 1.78. The van der Waals surface area contributed by atoms with Crippen LogP contribution >= 0.6 is 0 Å². The fourth-order valence-electron chi connectivity index (χ4n) is 2.20. The zero-order chi connectivity index (χ0) is 12.7. The van der Waals surface area contributed by atoms with Crippen LogP contribution in [0.5, 0.6) is 0 Å². The van der Waals surface area contributed by atoms with Gasteiger partial charge >= 0.3 is 0 Å². The number of halogens is 1. The van der Waals surface area contributed by atoms with Crippen LogP contribution in [0, 0.1) is 19.7 Å². The molecule has 0 amide bonds. The maximum absolute atomic E-state index is 13.0. The van der Waals surface area contributed by atoms with Gasteiger partial charge in [-0.3, -0.25) is 0 Å². The maximum atomic E-state index is 13.0. The molecule has 0 unspecified atom stereocenters. The highest BCUT2D eigenvalue weighted by Crippen LogP contribution is 2.25. The Kier molecular flexibility index (Phi) is 2.40. The summed E-state index contributed by atoms with van der Waals surface area (Å²) >= 11 is 0. The van der Waals surface area contributed by atoms with E-state index in [1.54, 1.807) is 12.1 Å². The first kappa shape index (κ1) is 11.0. The number of rotatable bonds is 1. The van der Waals surface area contributed by atoms with Gasteiger partial charge in [-0.2, -0.15) is 0 Å². The van der Waals surface area contributed by atoms with Crippen LogP contribution in [-0.2, 0) is 0 Å². The van der Waals surface area contributed by atoms with Crippen LogP contribution in [0.1, 0.15) is 11.3 Å². The first-order chi connectivity index (χ1) is 8.63. The Morgan fingerprint density at radius 1 is 1.06 bits per heavy atom. The summed E-state index contributed by atoms with van der Waals surface area (Å²) in [5.74, 6) is -0.220. The summed E-state index contributed by atoms with van der Waals surface area (Å²) in [6, 6.07) is 8.60. The molecule has 0 N–H and O–H groups in total. The molecule has 90 valence electrons. The standard InChI is InChI=1S/C15H13FN2/c1-10-7-14(12-3-5-13(16)6-4-12)15-17-11(2)9-18(15)8-10/h3-9H,1-2H3. The molecule has 0 bridgehead atoms. The van der Waals surface area contributed by atoms with E-state index in [2.05, 4.69) is 11.1 Å². The van der Waals surface area contributed by atoms with Gasteiger partial charge in [0.05, 0.1) is 5.69 Å². The summed E-state index contributed by atoms with van der Waals surface area (Å²) in [4.78, 5) is 4.52. The monoisotopic (exact) mass is 240 g/mol. The molecule has 0 aliphatic heterocycles. The molecule has 3 heteroatoms. The van der Waals surface area contributed by atoms with Crippen molar-refractivity contribution in [1.82, 2.24) is 9.38 Å². The van der Waals surface area contributed by atoms with Gasteiger partial charge in [0.25, 0.3) is 0 Å². The third-order valence-electron chi connectivity index (χ3n) is 2.96. The molecular formula is C15H13FN2. The van der Waals surface area contributed by atoms with Gasteiger partial charge in [0, 0.05) is 18.0 Å². The molecule has 2 heterocycles. The van der Waals surface area contributed by atoms with E-state index in [9.17, 15) is 4.39 Å². The molecule has 0 spiro atoms. The van der Waals surface area contributed by atoms with E-state index in [1.807, 2.05) is 30.6 Å². The summed E-state index contributed by atoms with van der Waals surface area (Å²) in [5.41, 5.74) is 5.05. The van der Waals surface area contributed by atoms with Crippen LogP contribution in [-0.4, -0.2) is 9.38 Å². The molecule has 0 aliphatic rings. The Morgan fingerprint density at radius 3 is 2.50 bits per heavy atom. The average molecular weight is 240 g/mol. The lowest BCUT2D eigenvalue weighted by atomic mass is 10.1. The number of pyridine rings is 1. The highest BCUT2D eigenvalue weighted by atomic mass is 19.1. The minimum Gasteiger partial charge on any atom is -0.306 e. The normalized spacial score (nSPS) is 11.1. The Balaban J connectivity index is 2.30. The van der Waals surface area contributed by atoms with Crippen molar-refractivity contribution < 1.29 is 4.39 Å². The zero-order valence-corrected chi connectivity index (χ0v) is 10.3.